The van der Waals surface area contributed by atoms with Crippen LogP contribution in [-0.2, 0) is 6.42 Å². The number of hydrogen-bond donors (Lipinski definition) is 2. The van der Waals surface area contributed by atoms with E-state index in [1.165, 1.54) is 12.1 Å². The third kappa shape index (κ3) is 6.34. The van der Waals surface area contributed by atoms with Gasteiger partial charge in [0.2, 0.25) is 0 Å². The lowest BCUT2D eigenvalue weighted by molar-refractivity contribution is 0.320. The van der Waals surface area contributed by atoms with Gasteiger partial charge in [-0.05, 0) is 24.3 Å². The van der Waals surface area contributed by atoms with Gasteiger partial charge in [-0.3, -0.25) is 9.98 Å². The molecule has 0 saturated carbocycles. The van der Waals surface area contributed by atoms with E-state index in [1.807, 2.05) is 18.2 Å². The number of nitrogens with one attached hydrogen (secondary N) is 2. The Morgan fingerprint density at radius 2 is 2.04 bits per heavy atom. The highest BCUT2D eigenvalue weighted by atomic mass is 19.1. The van der Waals surface area contributed by atoms with Crippen LogP contribution in [0.15, 0.2) is 53.7 Å². The highest BCUT2D eigenvalue weighted by Crippen LogP contribution is 2.11. The molecule has 0 amide bonds. The second kappa shape index (κ2) is 9.40. The van der Waals surface area contributed by atoms with Crippen molar-refractivity contribution in [1.29, 1.82) is 0 Å². The summed E-state index contributed by atoms with van der Waals surface area (Å²) in [5.41, 5.74) is 1.03. The van der Waals surface area contributed by atoms with Gasteiger partial charge in [-0.25, -0.2) is 4.39 Å². The Hall–Kier alpha value is -2.63. The van der Waals surface area contributed by atoms with Crippen molar-refractivity contribution in [3.63, 3.8) is 0 Å². The quantitative estimate of drug-likeness (QED) is 0.466. The predicted octanol–water partition coefficient (Wildman–Crippen LogP) is 2.01. The summed E-state index contributed by atoms with van der Waals surface area (Å²) >= 11 is 0. The zero-order chi connectivity index (χ0) is 16.3. The third-order valence-electron chi connectivity index (χ3n) is 3.08. The van der Waals surface area contributed by atoms with Crippen LogP contribution in [-0.4, -0.2) is 37.7 Å². The zero-order valence-corrected chi connectivity index (χ0v) is 13.1. The van der Waals surface area contributed by atoms with E-state index < -0.39 is 0 Å². The minimum absolute atomic E-state index is 0.303. The van der Waals surface area contributed by atoms with Gasteiger partial charge in [-0.15, -0.1) is 0 Å². The average Bonchev–Trinajstić information content (AvgIpc) is 2.58. The minimum Gasteiger partial charge on any atom is -0.492 e. The van der Waals surface area contributed by atoms with Gasteiger partial charge >= 0.3 is 0 Å². The van der Waals surface area contributed by atoms with Crippen molar-refractivity contribution in [2.45, 2.75) is 6.42 Å². The Morgan fingerprint density at radius 3 is 2.78 bits per heavy atom. The van der Waals surface area contributed by atoms with Crippen molar-refractivity contribution >= 4 is 5.96 Å². The first-order chi connectivity index (χ1) is 11.3. The second-order valence-corrected chi connectivity index (χ2v) is 4.80. The molecule has 6 heteroatoms. The van der Waals surface area contributed by atoms with Crippen LogP contribution in [0.4, 0.5) is 4.39 Å². The normalized spacial score (nSPS) is 11.1. The summed E-state index contributed by atoms with van der Waals surface area (Å²) in [5, 5.41) is 6.35. The van der Waals surface area contributed by atoms with Crippen LogP contribution in [0.1, 0.15) is 5.69 Å². The lowest BCUT2D eigenvalue weighted by atomic mass is 10.3. The average molecular weight is 316 g/mol. The topological polar surface area (TPSA) is 58.5 Å². The van der Waals surface area contributed by atoms with E-state index >= 15 is 0 Å². The summed E-state index contributed by atoms with van der Waals surface area (Å²) in [7, 11) is 1.71. The van der Waals surface area contributed by atoms with Gasteiger partial charge in [0.25, 0.3) is 0 Å². The molecule has 1 heterocycles. The molecule has 0 radical (unpaired) electrons. The van der Waals surface area contributed by atoms with E-state index in [0.29, 0.717) is 24.9 Å². The van der Waals surface area contributed by atoms with Gasteiger partial charge in [0.1, 0.15) is 18.2 Å². The minimum atomic E-state index is -0.303. The molecule has 0 fully saturated rings. The van der Waals surface area contributed by atoms with E-state index in [0.717, 1.165) is 18.7 Å². The van der Waals surface area contributed by atoms with Crippen molar-refractivity contribution < 1.29 is 9.13 Å². The van der Waals surface area contributed by atoms with Crippen LogP contribution in [0.2, 0.25) is 0 Å². The first kappa shape index (κ1) is 16.7. The van der Waals surface area contributed by atoms with Crippen molar-refractivity contribution in [2.75, 3.05) is 26.7 Å². The van der Waals surface area contributed by atoms with Crippen molar-refractivity contribution in [3.8, 4) is 5.75 Å². The molecule has 1 aromatic carbocycles. The highest BCUT2D eigenvalue weighted by molar-refractivity contribution is 5.79. The molecule has 122 valence electrons. The number of ether oxygens (including phenoxy) is 1. The second-order valence-electron chi connectivity index (χ2n) is 4.80. The molecule has 0 aliphatic rings. The fourth-order valence-electron chi connectivity index (χ4n) is 1.97. The summed E-state index contributed by atoms with van der Waals surface area (Å²) in [6, 6.07) is 12.0. The summed E-state index contributed by atoms with van der Waals surface area (Å²) in [4.78, 5) is 8.40. The Bertz CT molecular complexity index is 619. The van der Waals surface area contributed by atoms with Crippen molar-refractivity contribution in [1.82, 2.24) is 15.6 Å². The number of hydrogen-bond acceptors (Lipinski definition) is 3. The zero-order valence-electron chi connectivity index (χ0n) is 13.1. The lowest BCUT2D eigenvalue weighted by Gasteiger charge is -2.12. The van der Waals surface area contributed by atoms with Crippen LogP contribution in [0.5, 0.6) is 5.75 Å². The molecule has 2 N–H and O–H groups in total. The van der Waals surface area contributed by atoms with Crippen molar-refractivity contribution in [2.24, 2.45) is 4.99 Å². The maximum absolute atomic E-state index is 13.0. The Morgan fingerprint density at radius 1 is 1.17 bits per heavy atom. The van der Waals surface area contributed by atoms with Crippen LogP contribution in [0.3, 0.4) is 0 Å². The molecule has 23 heavy (non-hydrogen) atoms. The molecule has 0 saturated heterocycles. The van der Waals surface area contributed by atoms with Gasteiger partial charge in [-0.2, -0.15) is 0 Å². The fourth-order valence-corrected chi connectivity index (χ4v) is 1.97. The summed E-state index contributed by atoms with van der Waals surface area (Å²) in [6.45, 7) is 1.73. The number of nitrogens with zero attached hydrogens (tertiary/aromatic N) is 2. The predicted molar refractivity (Wildman–Crippen MR) is 89.2 cm³/mol. The number of halogens is 1. The van der Waals surface area contributed by atoms with Crippen LogP contribution >= 0.6 is 0 Å². The highest BCUT2D eigenvalue weighted by Gasteiger charge is 1.99. The molecule has 2 aromatic rings. The number of pyridine rings is 1. The van der Waals surface area contributed by atoms with E-state index in [4.69, 9.17) is 4.74 Å². The Labute approximate surface area is 135 Å². The monoisotopic (exact) mass is 316 g/mol. The van der Waals surface area contributed by atoms with Gasteiger partial charge in [-0.1, -0.05) is 12.1 Å². The molecule has 0 atom stereocenters. The van der Waals surface area contributed by atoms with Crippen molar-refractivity contribution in [3.05, 3.63) is 60.2 Å². The SMILES string of the molecule is CN=C(NCCOc1cccc(F)c1)NCCc1ccccn1. The first-order valence-corrected chi connectivity index (χ1v) is 7.51. The van der Waals surface area contributed by atoms with Gasteiger partial charge in [0.05, 0.1) is 6.54 Å². The summed E-state index contributed by atoms with van der Waals surface area (Å²) < 4.78 is 18.5. The van der Waals surface area contributed by atoms with E-state index in [-0.39, 0.29) is 5.82 Å². The smallest absolute Gasteiger partial charge is 0.191 e. The summed E-state index contributed by atoms with van der Waals surface area (Å²) in [6.07, 6.45) is 2.60. The van der Waals surface area contributed by atoms with Gasteiger partial charge in [0, 0.05) is 38.0 Å². The molecule has 5 nitrogen and oxygen atoms in total. The van der Waals surface area contributed by atoms with Gasteiger partial charge < -0.3 is 15.4 Å². The molecular formula is C17H21FN4O. The standard InChI is InChI=1S/C17H21FN4O/c1-19-17(21-10-8-15-6-2-3-9-20-15)22-11-12-23-16-7-4-5-14(18)13-16/h2-7,9,13H,8,10-12H2,1H3,(H2,19,21,22). The Balaban J connectivity index is 1.63. The van der Waals surface area contributed by atoms with Crippen LogP contribution in [0.25, 0.3) is 0 Å². The molecule has 0 aliphatic carbocycles. The fraction of sp³-hybridized carbons (Fsp3) is 0.294. The number of aromatic nitrogens is 1. The number of guanidine groups is 1. The molecule has 2 rings (SSSR count). The van der Waals surface area contributed by atoms with E-state index in [1.54, 1.807) is 25.4 Å². The third-order valence-corrected chi connectivity index (χ3v) is 3.08. The van der Waals surface area contributed by atoms with Gasteiger partial charge in [0.15, 0.2) is 5.96 Å². The number of benzene rings is 1. The largest absolute Gasteiger partial charge is 0.492 e. The molecule has 1 aromatic heterocycles. The number of aliphatic imine (C=N–C) groups is 1. The van der Waals surface area contributed by atoms with Crippen LogP contribution in [0, 0.1) is 5.82 Å². The molecule has 0 unspecified atom stereocenters. The van der Waals surface area contributed by atoms with E-state index in [9.17, 15) is 4.39 Å². The lowest BCUT2D eigenvalue weighted by Crippen LogP contribution is -2.40. The first-order valence-electron chi connectivity index (χ1n) is 7.51. The Kier molecular flexibility index (Phi) is 6.84. The maximum Gasteiger partial charge on any atom is 0.191 e. The maximum atomic E-state index is 13.0. The molecule has 0 spiro atoms. The molecular weight excluding hydrogens is 295 g/mol. The molecule has 0 bridgehead atoms. The summed E-state index contributed by atoms with van der Waals surface area (Å²) in [5.74, 6) is 0.913. The number of rotatable bonds is 7. The van der Waals surface area contributed by atoms with E-state index in [2.05, 4.69) is 20.6 Å². The van der Waals surface area contributed by atoms with Crippen LogP contribution < -0.4 is 15.4 Å². The molecule has 0 aliphatic heterocycles.